The Bertz CT molecular complexity index is 428. The molecule has 0 aliphatic carbocycles. The maximum absolute atomic E-state index is 14.1. The quantitative estimate of drug-likeness (QED) is 0.835. The molecule has 0 radical (unpaired) electrons. The number of benzene rings is 1. The van der Waals surface area contributed by atoms with Crippen molar-refractivity contribution in [3.8, 4) is 0 Å². The zero-order valence-corrected chi connectivity index (χ0v) is 11.5. The maximum atomic E-state index is 14.1. The lowest BCUT2D eigenvalue weighted by Gasteiger charge is -2.44. The predicted octanol–water partition coefficient (Wildman–Crippen LogP) is 3.77. The number of halogens is 1. The van der Waals surface area contributed by atoms with Crippen LogP contribution in [0.25, 0.3) is 0 Å². The third-order valence-corrected chi connectivity index (χ3v) is 5.83. The Hall–Kier alpha value is -0.540. The Labute approximate surface area is 112 Å². The summed E-state index contributed by atoms with van der Waals surface area (Å²) in [7, 11) is 0. The van der Waals surface area contributed by atoms with Gasteiger partial charge in [-0.15, -0.1) is 0 Å². The fourth-order valence-electron chi connectivity index (χ4n) is 3.54. The van der Waals surface area contributed by atoms with Gasteiger partial charge in [-0.1, -0.05) is 18.6 Å². The lowest BCUT2D eigenvalue weighted by molar-refractivity contribution is 0.00434. The zero-order chi connectivity index (χ0) is 12.8. The van der Waals surface area contributed by atoms with Crippen molar-refractivity contribution in [3.63, 3.8) is 0 Å². The smallest absolute Gasteiger partial charge is 0.129 e. The Kier molecular flexibility index (Phi) is 3.15. The molecule has 3 rings (SSSR count). The van der Waals surface area contributed by atoms with Crippen LogP contribution in [0.3, 0.4) is 0 Å². The summed E-state index contributed by atoms with van der Waals surface area (Å²) < 4.78 is 14.1. The van der Waals surface area contributed by atoms with Crippen molar-refractivity contribution in [2.24, 2.45) is 0 Å². The minimum Gasteiger partial charge on any atom is -0.385 e. The lowest BCUT2D eigenvalue weighted by atomic mass is 9.78. The number of fused-ring (bicyclic) bond motifs is 2. The SMILES string of the molecule is Cc1cccc(F)c1C1(O)CC2CCCC(C1)S2. The summed E-state index contributed by atoms with van der Waals surface area (Å²) in [6, 6.07) is 5.08. The third-order valence-electron chi connectivity index (χ3n) is 4.26. The summed E-state index contributed by atoms with van der Waals surface area (Å²) >= 11 is 2.00. The second-order valence-corrected chi connectivity index (χ2v) is 7.29. The van der Waals surface area contributed by atoms with E-state index in [4.69, 9.17) is 0 Å². The average Bonchev–Trinajstić information content (AvgIpc) is 2.27. The van der Waals surface area contributed by atoms with E-state index in [9.17, 15) is 9.50 Å². The molecule has 0 spiro atoms. The van der Waals surface area contributed by atoms with Gasteiger partial charge in [-0.2, -0.15) is 11.8 Å². The van der Waals surface area contributed by atoms with E-state index in [1.807, 2.05) is 24.8 Å². The molecule has 98 valence electrons. The first-order valence-electron chi connectivity index (χ1n) is 6.72. The first-order chi connectivity index (χ1) is 8.58. The lowest BCUT2D eigenvalue weighted by Crippen LogP contribution is -2.41. The number of rotatable bonds is 1. The van der Waals surface area contributed by atoms with E-state index >= 15 is 0 Å². The first kappa shape index (κ1) is 12.5. The molecule has 2 aliphatic heterocycles. The van der Waals surface area contributed by atoms with Gasteiger partial charge in [0.1, 0.15) is 5.82 Å². The summed E-state index contributed by atoms with van der Waals surface area (Å²) in [6.45, 7) is 1.90. The van der Waals surface area contributed by atoms with Crippen LogP contribution in [-0.2, 0) is 5.60 Å². The molecule has 3 heteroatoms. The van der Waals surface area contributed by atoms with Crippen molar-refractivity contribution in [2.45, 2.75) is 55.1 Å². The minimum absolute atomic E-state index is 0.248. The molecule has 2 bridgehead atoms. The summed E-state index contributed by atoms with van der Waals surface area (Å²) in [4.78, 5) is 0. The maximum Gasteiger partial charge on any atom is 0.129 e. The van der Waals surface area contributed by atoms with Crippen molar-refractivity contribution in [2.75, 3.05) is 0 Å². The second kappa shape index (κ2) is 4.53. The largest absolute Gasteiger partial charge is 0.385 e. The second-order valence-electron chi connectivity index (χ2n) is 5.68. The van der Waals surface area contributed by atoms with Crippen molar-refractivity contribution >= 4 is 11.8 Å². The Morgan fingerprint density at radius 3 is 2.56 bits per heavy atom. The summed E-state index contributed by atoms with van der Waals surface area (Å²) in [5.41, 5.74) is 0.473. The topological polar surface area (TPSA) is 20.2 Å². The van der Waals surface area contributed by atoms with E-state index in [1.165, 1.54) is 12.5 Å². The number of aryl methyl sites for hydroxylation is 1. The summed E-state index contributed by atoms with van der Waals surface area (Å²) in [5, 5.41) is 12.0. The van der Waals surface area contributed by atoms with Gasteiger partial charge in [0.25, 0.3) is 0 Å². The van der Waals surface area contributed by atoms with Crippen LogP contribution in [0.2, 0.25) is 0 Å². The van der Waals surface area contributed by atoms with Crippen molar-refractivity contribution in [1.82, 2.24) is 0 Å². The van der Waals surface area contributed by atoms with Gasteiger partial charge < -0.3 is 5.11 Å². The molecule has 2 saturated heterocycles. The fourth-order valence-corrected chi connectivity index (χ4v) is 5.44. The molecule has 1 aromatic carbocycles. The highest BCUT2D eigenvalue weighted by Crippen LogP contribution is 2.50. The zero-order valence-electron chi connectivity index (χ0n) is 10.7. The number of hydrogen-bond acceptors (Lipinski definition) is 2. The molecule has 1 nitrogen and oxygen atoms in total. The Morgan fingerprint density at radius 1 is 1.28 bits per heavy atom. The number of hydrogen-bond donors (Lipinski definition) is 1. The van der Waals surface area contributed by atoms with E-state index in [0.717, 1.165) is 18.4 Å². The van der Waals surface area contributed by atoms with Crippen LogP contribution in [0.4, 0.5) is 4.39 Å². The molecule has 0 amide bonds. The molecular weight excluding hydrogens is 247 g/mol. The number of thioether (sulfide) groups is 1. The highest BCUT2D eigenvalue weighted by atomic mass is 32.2. The van der Waals surface area contributed by atoms with Gasteiger partial charge in [0.15, 0.2) is 0 Å². The average molecular weight is 266 g/mol. The first-order valence-corrected chi connectivity index (χ1v) is 7.66. The Morgan fingerprint density at radius 2 is 1.94 bits per heavy atom. The number of aliphatic hydroxyl groups is 1. The van der Waals surface area contributed by atoms with Gasteiger partial charge >= 0.3 is 0 Å². The van der Waals surface area contributed by atoms with Gasteiger partial charge in [0.05, 0.1) is 5.60 Å². The normalized spacial score (nSPS) is 35.5. The molecule has 2 atom stereocenters. The van der Waals surface area contributed by atoms with Crippen LogP contribution in [0.1, 0.15) is 43.2 Å². The molecule has 0 aromatic heterocycles. The van der Waals surface area contributed by atoms with Crippen LogP contribution in [0, 0.1) is 12.7 Å². The van der Waals surface area contributed by atoms with Crippen molar-refractivity contribution in [3.05, 3.63) is 35.1 Å². The predicted molar refractivity (Wildman–Crippen MR) is 73.3 cm³/mol. The van der Waals surface area contributed by atoms with Gasteiger partial charge in [-0.25, -0.2) is 4.39 Å². The minimum atomic E-state index is -0.948. The van der Waals surface area contributed by atoms with Gasteiger partial charge in [-0.05, 0) is 44.2 Å². The van der Waals surface area contributed by atoms with E-state index in [-0.39, 0.29) is 5.82 Å². The van der Waals surface area contributed by atoms with Gasteiger partial charge in [0, 0.05) is 16.1 Å². The highest BCUT2D eigenvalue weighted by Gasteiger charge is 2.44. The standard InChI is InChI=1S/C15H19FOS/c1-10-4-2-7-13(16)14(10)15(17)8-11-5-3-6-12(9-15)18-11/h2,4,7,11-12,17H,3,5-6,8-9H2,1H3. The van der Waals surface area contributed by atoms with Gasteiger partial charge in [-0.3, -0.25) is 0 Å². The highest BCUT2D eigenvalue weighted by molar-refractivity contribution is 8.00. The summed E-state index contributed by atoms with van der Waals surface area (Å²) in [6.07, 6.45) is 4.99. The van der Waals surface area contributed by atoms with E-state index in [0.29, 0.717) is 28.9 Å². The molecule has 2 unspecified atom stereocenters. The van der Waals surface area contributed by atoms with E-state index < -0.39 is 5.60 Å². The monoisotopic (exact) mass is 266 g/mol. The van der Waals surface area contributed by atoms with Gasteiger partial charge in [0.2, 0.25) is 0 Å². The molecule has 18 heavy (non-hydrogen) atoms. The van der Waals surface area contributed by atoms with Crippen LogP contribution < -0.4 is 0 Å². The molecule has 1 aromatic rings. The van der Waals surface area contributed by atoms with Crippen molar-refractivity contribution in [1.29, 1.82) is 0 Å². The van der Waals surface area contributed by atoms with E-state index in [1.54, 1.807) is 6.07 Å². The molecule has 0 saturated carbocycles. The van der Waals surface area contributed by atoms with Crippen LogP contribution in [-0.4, -0.2) is 15.6 Å². The molecule has 2 heterocycles. The van der Waals surface area contributed by atoms with Crippen LogP contribution >= 0.6 is 11.8 Å². The Balaban J connectivity index is 1.99. The third kappa shape index (κ3) is 2.08. The molecule has 2 aliphatic rings. The fraction of sp³-hybridized carbons (Fsp3) is 0.600. The van der Waals surface area contributed by atoms with E-state index in [2.05, 4.69) is 0 Å². The molecular formula is C15H19FOS. The van der Waals surface area contributed by atoms with Crippen molar-refractivity contribution < 1.29 is 9.50 Å². The van der Waals surface area contributed by atoms with Crippen LogP contribution in [0.5, 0.6) is 0 Å². The van der Waals surface area contributed by atoms with Crippen LogP contribution in [0.15, 0.2) is 18.2 Å². The molecule has 1 N–H and O–H groups in total. The molecule has 2 fully saturated rings. The summed E-state index contributed by atoms with van der Waals surface area (Å²) in [5.74, 6) is -0.248.